The maximum Gasteiger partial charge on any atom is 0.234 e. The number of aromatic nitrogens is 2. The van der Waals surface area contributed by atoms with Gasteiger partial charge in [0.1, 0.15) is 0 Å². The highest BCUT2D eigenvalue weighted by Crippen LogP contribution is 2.39. The molecule has 1 fully saturated rings. The summed E-state index contributed by atoms with van der Waals surface area (Å²) in [5.41, 5.74) is 8.72. The average molecular weight is 285 g/mol. The lowest BCUT2D eigenvalue weighted by Gasteiger charge is -2.27. The smallest absolute Gasteiger partial charge is 0.234 e. The number of rotatable bonds is 5. The fourth-order valence-electron chi connectivity index (χ4n) is 2.87. The van der Waals surface area contributed by atoms with Crippen LogP contribution in [0.5, 0.6) is 0 Å². The van der Waals surface area contributed by atoms with E-state index >= 15 is 0 Å². The summed E-state index contributed by atoms with van der Waals surface area (Å²) in [5.74, 6) is 1.44. The molecule has 5 nitrogen and oxygen atoms in total. The maximum atomic E-state index is 6.08. The maximum absolute atomic E-state index is 6.08. The van der Waals surface area contributed by atoms with Crippen LogP contribution in [0, 0.1) is 0 Å². The standard InChI is InChI=1S/C16H19N3O2/c17-14(9-20-11-5-3-6-11)15-18-16(21-19-15)13-8-10-4-1-2-7-12(10)13/h1-2,4,7,11,13-14H,3,5-6,8-9,17H2. The molecule has 21 heavy (non-hydrogen) atoms. The highest BCUT2D eigenvalue weighted by Gasteiger charge is 2.32. The van der Waals surface area contributed by atoms with Gasteiger partial charge in [0.2, 0.25) is 5.89 Å². The van der Waals surface area contributed by atoms with E-state index < -0.39 is 0 Å². The van der Waals surface area contributed by atoms with E-state index in [-0.39, 0.29) is 12.0 Å². The fraction of sp³-hybridized carbons (Fsp3) is 0.500. The summed E-state index contributed by atoms with van der Waals surface area (Å²) >= 11 is 0. The Morgan fingerprint density at radius 2 is 2.19 bits per heavy atom. The summed E-state index contributed by atoms with van der Waals surface area (Å²) in [6, 6.07) is 8.05. The van der Waals surface area contributed by atoms with Crippen molar-refractivity contribution in [2.24, 2.45) is 5.73 Å². The first kappa shape index (κ1) is 13.0. The minimum atomic E-state index is -0.307. The van der Waals surface area contributed by atoms with Crippen LogP contribution in [0.15, 0.2) is 28.8 Å². The molecule has 2 unspecified atom stereocenters. The average Bonchev–Trinajstić information content (AvgIpc) is 2.87. The Morgan fingerprint density at radius 1 is 1.33 bits per heavy atom. The molecule has 1 heterocycles. The van der Waals surface area contributed by atoms with Crippen molar-refractivity contribution in [2.45, 2.75) is 43.7 Å². The van der Waals surface area contributed by atoms with Crippen molar-refractivity contribution in [3.05, 3.63) is 47.1 Å². The Balaban J connectivity index is 1.41. The van der Waals surface area contributed by atoms with E-state index in [4.69, 9.17) is 15.0 Å². The molecule has 110 valence electrons. The molecule has 2 aliphatic rings. The van der Waals surface area contributed by atoms with Crippen LogP contribution in [0.25, 0.3) is 0 Å². The Morgan fingerprint density at radius 3 is 2.95 bits per heavy atom. The van der Waals surface area contributed by atoms with E-state index in [0.29, 0.717) is 24.4 Å². The van der Waals surface area contributed by atoms with E-state index in [1.54, 1.807) is 0 Å². The molecule has 0 spiro atoms. The lowest BCUT2D eigenvalue weighted by Crippen LogP contribution is -2.27. The normalized spacial score (nSPS) is 22.2. The topological polar surface area (TPSA) is 74.2 Å². The van der Waals surface area contributed by atoms with Gasteiger partial charge < -0.3 is 15.0 Å². The van der Waals surface area contributed by atoms with E-state index in [2.05, 4.69) is 28.3 Å². The Labute approximate surface area is 123 Å². The molecule has 2 N–H and O–H groups in total. The molecule has 1 saturated carbocycles. The molecule has 2 aliphatic carbocycles. The molecule has 2 atom stereocenters. The largest absolute Gasteiger partial charge is 0.376 e. The summed E-state index contributed by atoms with van der Waals surface area (Å²) in [5, 5.41) is 4.02. The first-order chi connectivity index (χ1) is 10.3. The number of nitrogens with two attached hydrogens (primary N) is 1. The summed E-state index contributed by atoms with van der Waals surface area (Å²) in [6.07, 6.45) is 4.88. The van der Waals surface area contributed by atoms with E-state index in [9.17, 15) is 0 Å². The summed E-state index contributed by atoms with van der Waals surface area (Å²) in [7, 11) is 0. The molecule has 4 rings (SSSR count). The van der Waals surface area contributed by atoms with Gasteiger partial charge in [0.05, 0.1) is 24.7 Å². The molecule has 0 radical (unpaired) electrons. The van der Waals surface area contributed by atoms with Crippen LogP contribution in [0.2, 0.25) is 0 Å². The Bertz CT molecular complexity index is 636. The van der Waals surface area contributed by atoms with Crippen LogP contribution >= 0.6 is 0 Å². The van der Waals surface area contributed by atoms with Gasteiger partial charge in [0.25, 0.3) is 0 Å². The molecule has 2 aromatic rings. The molecular formula is C16H19N3O2. The van der Waals surface area contributed by atoms with Crippen molar-refractivity contribution in [2.75, 3.05) is 6.61 Å². The van der Waals surface area contributed by atoms with Crippen LogP contribution in [-0.4, -0.2) is 22.9 Å². The van der Waals surface area contributed by atoms with E-state index in [1.165, 1.54) is 17.5 Å². The summed E-state index contributed by atoms with van der Waals surface area (Å²) in [4.78, 5) is 4.47. The molecule has 1 aromatic carbocycles. The van der Waals surface area contributed by atoms with E-state index in [1.807, 2.05) is 6.07 Å². The van der Waals surface area contributed by atoms with Crippen LogP contribution in [0.1, 0.15) is 54.1 Å². The monoisotopic (exact) mass is 285 g/mol. The number of nitrogens with zero attached hydrogens (tertiary/aromatic N) is 2. The SMILES string of the molecule is NC(COC1CCC1)c1noc(C2Cc3ccccc32)n1. The Kier molecular flexibility index (Phi) is 3.24. The lowest BCUT2D eigenvalue weighted by atomic mass is 9.77. The van der Waals surface area contributed by atoms with Crippen LogP contribution < -0.4 is 5.73 Å². The zero-order valence-corrected chi connectivity index (χ0v) is 11.9. The number of benzene rings is 1. The quantitative estimate of drug-likeness (QED) is 0.912. The predicted octanol–water partition coefficient (Wildman–Crippen LogP) is 2.33. The van der Waals surface area contributed by atoms with Crippen LogP contribution in [0.3, 0.4) is 0 Å². The van der Waals surface area contributed by atoms with Crippen molar-refractivity contribution in [1.29, 1.82) is 0 Å². The lowest BCUT2D eigenvalue weighted by molar-refractivity contribution is -0.00549. The molecular weight excluding hydrogens is 266 g/mol. The van der Waals surface area contributed by atoms with Crippen molar-refractivity contribution in [3.8, 4) is 0 Å². The number of fused-ring (bicyclic) bond motifs is 1. The zero-order valence-electron chi connectivity index (χ0n) is 11.9. The van der Waals surface area contributed by atoms with Crippen molar-refractivity contribution < 1.29 is 9.26 Å². The summed E-state index contributed by atoms with van der Waals surface area (Å²) in [6.45, 7) is 0.463. The van der Waals surface area contributed by atoms with Crippen molar-refractivity contribution in [1.82, 2.24) is 10.1 Å². The third-order valence-corrected chi connectivity index (χ3v) is 4.51. The fourth-order valence-corrected chi connectivity index (χ4v) is 2.87. The first-order valence-electron chi connectivity index (χ1n) is 7.60. The van der Waals surface area contributed by atoms with Gasteiger partial charge in [0.15, 0.2) is 5.82 Å². The summed E-state index contributed by atoms with van der Waals surface area (Å²) < 4.78 is 11.1. The van der Waals surface area contributed by atoms with Crippen molar-refractivity contribution >= 4 is 0 Å². The van der Waals surface area contributed by atoms with E-state index in [0.717, 1.165) is 19.3 Å². The molecule has 0 amide bonds. The minimum absolute atomic E-state index is 0.224. The predicted molar refractivity (Wildman–Crippen MR) is 76.8 cm³/mol. The third kappa shape index (κ3) is 2.36. The third-order valence-electron chi connectivity index (χ3n) is 4.51. The van der Waals surface area contributed by atoms with Crippen LogP contribution in [0.4, 0.5) is 0 Å². The molecule has 1 aromatic heterocycles. The molecule has 0 saturated heterocycles. The number of ether oxygens (including phenoxy) is 1. The molecule has 0 aliphatic heterocycles. The highest BCUT2D eigenvalue weighted by molar-refractivity contribution is 5.43. The van der Waals surface area contributed by atoms with Gasteiger partial charge >= 0.3 is 0 Å². The van der Waals surface area contributed by atoms with Gasteiger partial charge in [-0.2, -0.15) is 4.98 Å². The highest BCUT2D eigenvalue weighted by atomic mass is 16.5. The van der Waals surface area contributed by atoms with Gasteiger partial charge in [-0.3, -0.25) is 0 Å². The first-order valence-corrected chi connectivity index (χ1v) is 7.60. The Hall–Kier alpha value is -1.72. The van der Waals surface area contributed by atoms with Gasteiger partial charge in [-0.05, 0) is 36.8 Å². The van der Waals surface area contributed by atoms with Gasteiger partial charge in [-0.15, -0.1) is 0 Å². The van der Waals surface area contributed by atoms with Gasteiger partial charge in [0, 0.05) is 0 Å². The second-order valence-corrected chi connectivity index (χ2v) is 5.94. The second-order valence-electron chi connectivity index (χ2n) is 5.94. The molecule has 5 heteroatoms. The van der Waals surface area contributed by atoms with Crippen LogP contribution in [-0.2, 0) is 11.2 Å². The zero-order chi connectivity index (χ0) is 14.2. The van der Waals surface area contributed by atoms with Crippen molar-refractivity contribution in [3.63, 3.8) is 0 Å². The van der Waals surface area contributed by atoms with Gasteiger partial charge in [-0.1, -0.05) is 29.4 Å². The molecule has 0 bridgehead atoms. The second kappa shape index (κ2) is 5.24. The van der Waals surface area contributed by atoms with Gasteiger partial charge in [-0.25, -0.2) is 0 Å². The number of hydrogen-bond acceptors (Lipinski definition) is 5. The number of hydrogen-bond donors (Lipinski definition) is 1. The minimum Gasteiger partial charge on any atom is -0.376 e.